The number of aromatic nitrogens is 4. The van der Waals surface area contributed by atoms with Gasteiger partial charge in [-0.1, -0.05) is 0 Å². The lowest BCUT2D eigenvalue weighted by Gasteiger charge is -2.15. The van der Waals surface area contributed by atoms with Crippen LogP contribution in [-0.2, 0) is 13.6 Å². The van der Waals surface area contributed by atoms with Crippen LogP contribution in [0, 0.1) is 6.92 Å². The molecule has 0 bridgehead atoms. The summed E-state index contributed by atoms with van der Waals surface area (Å²) < 4.78 is 13.9. The predicted molar refractivity (Wildman–Crippen MR) is 73.0 cm³/mol. The molecule has 0 radical (unpaired) electrons. The highest BCUT2D eigenvalue weighted by Crippen LogP contribution is 2.36. The highest BCUT2D eigenvalue weighted by atomic mass is 16.5. The quantitative estimate of drug-likeness (QED) is 0.886. The van der Waals surface area contributed by atoms with Gasteiger partial charge in [0.2, 0.25) is 5.88 Å². The second kappa shape index (κ2) is 5.54. The zero-order valence-corrected chi connectivity index (χ0v) is 12.4. The Morgan fingerprint density at radius 3 is 2.60 bits per heavy atom. The normalized spacial score (nSPS) is 12.5. The molecule has 20 heavy (non-hydrogen) atoms. The number of rotatable bonds is 5. The average molecular weight is 280 g/mol. The molecular weight excluding hydrogens is 260 g/mol. The number of nitrogens with zero attached hydrogens (tertiary/aromatic N) is 4. The van der Waals surface area contributed by atoms with Gasteiger partial charge >= 0.3 is 0 Å². The van der Waals surface area contributed by atoms with Crippen molar-refractivity contribution < 1.29 is 14.6 Å². The van der Waals surface area contributed by atoms with Crippen LogP contribution in [0.15, 0.2) is 6.20 Å². The van der Waals surface area contributed by atoms with Gasteiger partial charge in [0.05, 0.1) is 31.7 Å². The van der Waals surface area contributed by atoms with Crippen molar-refractivity contribution in [3.63, 3.8) is 0 Å². The Bertz CT molecular complexity index is 582. The monoisotopic (exact) mass is 280 g/mol. The zero-order valence-electron chi connectivity index (χ0n) is 12.4. The van der Waals surface area contributed by atoms with Gasteiger partial charge in [0.15, 0.2) is 5.75 Å². The van der Waals surface area contributed by atoms with E-state index < -0.39 is 6.10 Å². The maximum Gasteiger partial charge on any atom is 0.217 e. The molecule has 0 aromatic carbocycles. The summed E-state index contributed by atoms with van der Waals surface area (Å²) in [6, 6.07) is 0. The average Bonchev–Trinajstić information content (AvgIpc) is 2.97. The molecule has 0 saturated carbocycles. The van der Waals surface area contributed by atoms with Gasteiger partial charge in [0, 0.05) is 13.6 Å². The molecule has 0 aliphatic carbocycles. The lowest BCUT2D eigenvalue weighted by Crippen LogP contribution is -2.11. The summed E-state index contributed by atoms with van der Waals surface area (Å²) >= 11 is 0. The summed E-state index contributed by atoms with van der Waals surface area (Å²) in [5, 5.41) is 19.2. The van der Waals surface area contributed by atoms with E-state index in [0.29, 0.717) is 35.1 Å². The van der Waals surface area contributed by atoms with Gasteiger partial charge in [0.25, 0.3) is 0 Å². The lowest BCUT2D eigenvalue weighted by molar-refractivity contribution is 0.196. The van der Waals surface area contributed by atoms with E-state index in [9.17, 15) is 5.11 Å². The van der Waals surface area contributed by atoms with Crippen molar-refractivity contribution in [3.05, 3.63) is 23.1 Å². The third-order valence-electron chi connectivity index (χ3n) is 3.30. The summed E-state index contributed by atoms with van der Waals surface area (Å²) in [6.07, 6.45) is 0.691. The van der Waals surface area contributed by atoms with Crippen LogP contribution in [0.2, 0.25) is 0 Å². The van der Waals surface area contributed by atoms with E-state index in [0.717, 1.165) is 0 Å². The Labute approximate surface area is 117 Å². The molecule has 0 amide bonds. The van der Waals surface area contributed by atoms with Gasteiger partial charge in [-0.15, -0.1) is 0 Å². The highest BCUT2D eigenvalue weighted by Gasteiger charge is 2.28. The molecule has 2 aromatic heterocycles. The maximum absolute atomic E-state index is 10.7. The van der Waals surface area contributed by atoms with E-state index in [1.807, 2.05) is 13.8 Å². The summed E-state index contributed by atoms with van der Waals surface area (Å²) in [5.74, 6) is 1.07. The number of hydrogen-bond acceptors (Lipinski definition) is 5. The van der Waals surface area contributed by atoms with Crippen LogP contribution in [0.4, 0.5) is 0 Å². The van der Waals surface area contributed by atoms with E-state index in [-0.39, 0.29) is 0 Å². The minimum absolute atomic E-state index is 0.529. The molecule has 1 unspecified atom stereocenters. The van der Waals surface area contributed by atoms with Gasteiger partial charge < -0.3 is 14.6 Å². The molecule has 2 aromatic rings. The van der Waals surface area contributed by atoms with Gasteiger partial charge in [0.1, 0.15) is 11.8 Å². The molecule has 0 fully saturated rings. The highest BCUT2D eigenvalue weighted by molar-refractivity contribution is 5.41. The molecule has 1 N–H and O–H groups in total. The molecular formula is C13H20N4O3. The minimum Gasteiger partial charge on any atom is -0.493 e. The van der Waals surface area contributed by atoms with Crippen molar-refractivity contribution in [1.29, 1.82) is 0 Å². The van der Waals surface area contributed by atoms with Gasteiger partial charge in [-0.2, -0.15) is 10.2 Å². The van der Waals surface area contributed by atoms with E-state index in [1.54, 1.807) is 36.8 Å². The molecule has 0 aliphatic heterocycles. The van der Waals surface area contributed by atoms with Crippen molar-refractivity contribution in [3.8, 4) is 11.6 Å². The molecule has 0 aliphatic rings. The minimum atomic E-state index is -0.906. The molecule has 0 spiro atoms. The smallest absolute Gasteiger partial charge is 0.217 e. The van der Waals surface area contributed by atoms with Crippen LogP contribution in [-0.4, -0.2) is 38.9 Å². The zero-order chi connectivity index (χ0) is 14.9. The van der Waals surface area contributed by atoms with Gasteiger partial charge in [-0.25, -0.2) is 4.68 Å². The van der Waals surface area contributed by atoms with Crippen molar-refractivity contribution in [1.82, 2.24) is 19.6 Å². The number of aryl methyl sites for hydroxylation is 3. The third-order valence-corrected chi connectivity index (χ3v) is 3.30. The van der Waals surface area contributed by atoms with Crippen LogP contribution in [0.1, 0.15) is 30.0 Å². The molecule has 0 saturated heterocycles. The fourth-order valence-electron chi connectivity index (χ4n) is 2.41. The first-order valence-electron chi connectivity index (χ1n) is 6.40. The molecule has 110 valence electrons. The van der Waals surface area contributed by atoms with E-state index in [4.69, 9.17) is 9.47 Å². The summed E-state index contributed by atoms with van der Waals surface area (Å²) in [5.41, 5.74) is 1.94. The van der Waals surface area contributed by atoms with Crippen LogP contribution in [0.3, 0.4) is 0 Å². The number of aliphatic hydroxyl groups excluding tert-OH is 1. The van der Waals surface area contributed by atoms with Crippen LogP contribution in [0.25, 0.3) is 0 Å². The Hall–Kier alpha value is -2.02. The number of aliphatic hydroxyl groups is 1. The summed E-state index contributed by atoms with van der Waals surface area (Å²) in [7, 11) is 4.89. The van der Waals surface area contributed by atoms with Crippen molar-refractivity contribution >= 4 is 0 Å². The molecule has 1 atom stereocenters. The number of ether oxygens (including phenoxy) is 2. The second-order valence-corrected chi connectivity index (χ2v) is 4.45. The largest absolute Gasteiger partial charge is 0.493 e. The van der Waals surface area contributed by atoms with Crippen LogP contribution in [0.5, 0.6) is 11.6 Å². The fraction of sp³-hybridized carbons (Fsp3) is 0.538. The van der Waals surface area contributed by atoms with Crippen LogP contribution < -0.4 is 9.47 Å². The first kappa shape index (κ1) is 14.4. The Morgan fingerprint density at radius 2 is 2.05 bits per heavy atom. The number of methoxy groups -OCH3 is 2. The third kappa shape index (κ3) is 2.14. The Balaban J connectivity index is 2.56. The maximum atomic E-state index is 10.7. The van der Waals surface area contributed by atoms with Crippen molar-refractivity contribution in [2.24, 2.45) is 7.05 Å². The SMILES string of the molecule is CCn1ncc(OC)c1C(O)c1c(C)nn(C)c1OC. The predicted octanol–water partition coefficient (Wildman–Crippen LogP) is 1.04. The van der Waals surface area contributed by atoms with E-state index in [1.165, 1.54) is 0 Å². The Morgan fingerprint density at radius 1 is 1.35 bits per heavy atom. The van der Waals surface area contributed by atoms with Crippen molar-refractivity contribution in [2.45, 2.75) is 26.5 Å². The topological polar surface area (TPSA) is 74.3 Å². The molecule has 2 rings (SSSR count). The van der Waals surface area contributed by atoms with Crippen LogP contribution >= 0.6 is 0 Å². The molecule has 2 heterocycles. The second-order valence-electron chi connectivity index (χ2n) is 4.45. The molecule has 7 heteroatoms. The van der Waals surface area contributed by atoms with E-state index in [2.05, 4.69) is 10.2 Å². The fourth-order valence-corrected chi connectivity index (χ4v) is 2.41. The lowest BCUT2D eigenvalue weighted by atomic mass is 10.1. The summed E-state index contributed by atoms with van der Waals surface area (Å²) in [4.78, 5) is 0. The number of hydrogen-bond donors (Lipinski definition) is 1. The van der Waals surface area contributed by atoms with E-state index >= 15 is 0 Å². The van der Waals surface area contributed by atoms with Crippen molar-refractivity contribution in [2.75, 3.05) is 14.2 Å². The van der Waals surface area contributed by atoms with Gasteiger partial charge in [-0.05, 0) is 13.8 Å². The first-order chi connectivity index (χ1) is 9.54. The summed E-state index contributed by atoms with van der Waals surface area (Å²) in [6.45, 7) is 4.42. The standard InChI is InChI=1S/C13H20N4O3/c1-6-17-11(9(19-4)7-14-17)12(18)10-8(2)15-16(3)13(10)20-5/h7,12,18H,6H2,1-5H3. The molecule has 7 nitrogen and oxygen atoms in total. The Kier molecular flexibility index (Phi) is 3.99. The van der Waals surface area contributed by atoms with Gasteiger partial charge in [-0.3, -0.25) is 4.68 Å². The first-order valence-corrected chi connectivity index (χ1v) is 6.40.